The Kier molecular flexibility index (Phi) is 661. The molecule has 3 heteroatoms. The van der Waals surface area contributed by atoms with Gasteiger partial charge >= 0.3 is 0 Å². The minimum Gasteiger partial charge on any atom is -0.400 e. The summed E-state index contributed by atoms with van der Waals surface area (Å²) < 4.78 is 16.0. The number of aliphatic hydroxyl groups is 1. The van der Waals surface area contributed by atoms with Crippen LogP contribution in [0.15, 0.2) is 0 Å². The third-order valence-corrected chi connectivity index (χ3v) is 0. The normalized spacial score (nSPS) is 3.00. The Morgan fingerprint density at radius 1 is 1.25 bits per heavy atom. The van der Waals surface area contributed by atoms with Crippen LogP contribution in [0.5, 0.6) is 0 Å². The number of rotatable bonds is 0. The van der Waals surface area contributed by atoms with E-state index in [0.717, 1.165) is 7.11 Å². The molecule has 0 radical (unpaired) electrons. The summed E-state index contributed by atoms with van der Waals surface area (Å²) in [4.78, 5) is 0. The van der Waals surface area contributed by atoms with E-state index in [1.54, 1.807) is 0 Å². The molecule has 0 unspecified atom stereocenters. The molecule has 0 fully saturated rings. The van der Waals surface area contributed by atoms with Crippen molar-refractivity contribution in [3.05, 3.63) is 0 Å². The SMILES string of the molecule is CO.FF. The van der Waals surface area contributed by atoms with Gasteiger partial charge in [0.1, 0.15) is 0 Å². The Labute approximate surface area is 22.7 Å². The summed E-state index contributed by atoms with van der Waals surface area (Å²) in [6.07, 6.45) is 0. The molecule has 1 N–H and O–H groups in total. The van der Waals surface area contributed by atoms with Crippen LogP contribution >= 0.6 is 0 Å². The van der Waals surface area contributed by atoms with Crippen molar-refractivity contribution in [2.24, 2.45) is 0 Å². The van der Waals surface area contributed by atoms with Crippen LogP contribution in [0.4, 0.5) is 9.15 Å². The number of halogens is 2. The van der Waals surface area contributed by atoms with Gasteiger partial charge in [-0.1, -0.05) is 0 Å². The summed E-state index contributed by atoms with van der Waals surface area (Å²) in [6.45, 7) is 0. The topological polar surface area (TPSA) is 20.2 Å². The fraction of sp³-hybridized carbons (Fsp3) is 1.00. The second-order valence-electron chi connectivity index (χ2n) is 0. The van der Waals surface area contributed by atoms with E-state index in [1.807, 2.05) is 0 Å². The van der Waals surface area contributed by atoms with Crippen molar-refractivity contribution in [3.63, 3.8) is 0 Å². The predicted molar refractivity (Wildman–Crippen MR) is 10.4 cm³/mol. The Hall–Kier alpha value is -0.180. The minimum atomic E-state index is 1.00. The maximum Gasteiger partial charge on any atom is 0.0319 e. The summed E-state index contributed by atoms with van der Waals surface area (Å²) in [6, 6.07) is 0. The summed E-state index contributed by atoms with van der Waals surface area (Å²) in [5.41, 5.74) is 0. The highest BCUT2D eigenvalue weighted by Gasteiger charge is 1.00. The first kappa shape index (κ1) is 9.17. The van der Waals surface area contributed by atoms with E-state index in [4.69, 9.17) is 14.3 Å². The lowest BCUT2D eigenvalue weighted by Crippen LogP contribution is -1.25. The van der Waals surface area contributed by atoms with E-state index < -0.39 is 0 Å². The van der Waals surface area contributed by atoms with Crippen molar-refractivity contribution < 1.29 is 14.3 Å². The molecule has 0 spiro atoms. The van der Waals surface area contributed by atoms with Crippen LogP contribution in [0.1, 0.15) is 0 Å². The highest BCUT2D eigenvalue weighted by atomic mass is 20.0. The lowest BCUT2D eigenvalue weighted by atomic mass is 11.8. The van der Waals surface area contributed by atoms with Crippen LogP contribution in [0.2, 0.25) is 0 Å². The number of aliphatic hydroxyl groups excluding tert-OH is 1. The molecular weight excluding hydrogens is 66.0 g/mol. The number of hydrogen-bond acceptors (Lipinski definition) is 1. The molecule has 0 aliphatic heterocycles. The molecule has 1 nitrogen and oxygen atoms in total. The molecule has 0 saturated heterocycles. The fourth-order valence-electron chi connectivity index (χ4n) is 0. The van der Waals surface area contributed by atoms with Crippen LogP contribution in [0, 0.1) is 0 Å². The van der Waals surface area contributed by atoms with Gasteiger partial charge in [0.25, 0.3) is 0 Å². The van der Waals surface area contributed by atoms with Crippen molar-refractivity contribution in [2.45, 2.75) is 0 Å². The fourth-order valence-corrected chi connectivity index (χ4v) is 0. The van der Waals surface area contributed by atoms with E-state index >= 15 is 0 Å². The van der Waals surface area contributed by atoms with Gasteiger partial charge in [0, 0.05) is 16.3 Å². The van der Waals surface area contributed by atoms with Crippen LogP contribution < -0.4 is 0 Å². The van der Waals surface area contributed by atoms with E-state index in [0.29, 0.717) is 0 Å². The second-order valence-corrected chi connectivity index (χ2v) is 0. The largest absolute Gasteiger partial charge is 0.400 e. The smallest absolute Gasteiger partial charge is 0.0319 e. The monoisotopic (exact) mass is 70.0 g/mol. The van der Waals surface area contributed by atoms with Gasteiger partial charge in [-0.25, -0.2) is 0 Å². The Balaban J connectivity index is 0. The highest BCUT2D eigenvalue weighted by molar-refractivity contribution is 3.18. The summed E-state index contributed by atoms with van der Waals surface area (Å²) in [5.74, 6) is 0. The number of hydrogen-bond donors (Lipinski definition) is 1. The highest BCUT2D eigenvalue weighted by Crippen LogP contribution is 1.42. The maximum atomic E-state index is 8.00. The Morgan fingerprint density at radius 3 is 1.25 bits per heavy atom. The third-order valence-electron chi connectivity index (χ3n) is 0. The van der Waals surface area contributed by atoms with Gasteiger partial charge < -0.3 is 5.11 Å². The quantitative estimate of drug-likeness (QED) is 0.438. The van der Waals surface area contributed by atoms with E-state index in [2.05, 4.69) is 0 Å². The van der Waals surface area contributed by atoms with Gasteiger partial charge in [0.2, 0.25) is 0 Å². The standard InChI is InChI=1S/CH4O.F2/c2*1-2/h2H,1H3;. The molecule has 0 amide bonds. The molecule has 0 aromatic rings. The first-order chi connectivity index (χ1) is 2.00. The van der Waals surface area contributed by atoms with Gasteiger partial charge in [-0.05, 0) is 0 Å². The third kappa shape index (κ3) is 37.8. The van der Waals surface area contributed by atoms with Crippen LogP contribution in [-0.2, 0) is 0 Å². The van der Waals surface area contributed by atoms with Crippen molar-refractivity contribution in [1.82, 2.24) is 0 Å². The first-order valence-electron chi connectivity index (χ1n) is 0.590. The van der Waals surface area contributed by atoms with Crippen LogP contribution in [-0.4, -0.2) is 12.2 Å². The Bertz CT molecular complexity index is 6.00. The molecule has 0 bridgehead atoms. The lowest BCUT2D eigenvalue weighted by molar-refractivity contribution is 0.108. The Morgan fingerprint density at radius 2 is 1.25 bits per heavy atom. The van der Waals surface area contributed by atoms with Crippen molar-refractivity contribution in [3.8, 4) is 0 Å². The van der Waals surface area contributed by atoms with E-state index in [1.165, 1.54) is 0 Å². The molecular formula is CH4F2O. The molecule has 0 heterocycles. The zero-order valence-electron chi connectivity index (χ0n) is 2.20. The minimum absolute atomic E-state index is 1.00. The molecule has 4 heavy (non-hydrogen) atoms. The summed E-state index contributed by atoms with van der Waals surface area (Å²) in [7, 11) is 1.00. The molecule has 0 aliphatic carbocycles. The van der Waals surface area contributed by atoms with E-state index in [-0.39, 0.29) is 0 Å². The van der Waals surface area contributed by atoms with Crippen molar-refractivity contribution in [2.75, 3.05) is 7.11 Å². The molecule has 0 aliphatic rings. The second kappa shape index (κ2) is 288. The van der Waals surface area contributed by atoms with Crippen molar-refractivity contribution >= 4 is 0 Å². The average Bonchev–Trinajstić information content (AvgIpc) is 1.50. The molecule has 0 saturated carbocycles. The summed E-state index contributed by atoms with van der Waals surface area (Å²) in [5, 5.41) is 7.00. The molecule has 0 aromatic carbocycles. The lowest BCUT2D eigenvalue weighted by Gasteiger charge is -1.21. The molecule has 0 atom stereocenters. The molecule has 0 aromatic heterocycles. The van der Waals surface area contributed by atoms with Gasteiger partial charge in [-0.3, -0.25) is 0 Å². The van der Waals surface area contributed by atoms with Gasteiger partial charge in [-0.2, -0.15) is 0 Å². The van der Waals surface area contributed by atoms with Crippen LogP contribution in [0.25, 0.3) is 0 Å². The molecule has 0 rings (SSSR count). The maximum absolute atomic E-state index is 8.00. The summed E-state index contributed by atoms with van der Waals surface area (Å²) >= 11 is 0. The average molecular weight is 70.0 g/mol. The molecule has 28 valence electrons. The van der Waals surface area contributed by atoms with Gasteiger partial charge in [0.15, 0.2) is 0 Å². The van der Waals surface area contributed by atoms with Crippen LogP contribution in [0.3, 0.4) is 0 Å². The van der Waals surface area contributed by atoms with Crippen molar-refractivity contribution in [1.29, 1.82) is 0 Å². The zero-order valence-corrected chi connectivity index (χ0v) is 2.20. The van der Waals surface area contributed by atoms with Gasteiger partial charge in [-0.15, -0.1) is 0 Å². The predicted octanol–water partition coefficient (Wildman–Crippen LogP) is 0.449. The first-order valence-corrected chi connectivity index (χ1v) is 0.590. The van der Waals surface area contributed by atoms with E-state index in [9.17, 15) is 0 Å². The van der Waals surface area contributed by atoms with Gasteiger partial charge in [0.05, 0.1) is 0 Å². The zero-order chi connectivity index (χ0) is 4.00.